The lowest BCUT2D eigenvalue weighted by molar-refractivity contribution is 0.122. The van der Waals surface area contributed by atoms with Gasteiger partial charge in [-0.05, 0) is 24.6 Å². The summed E-state index contributed by atoms with van der Waals surface area (Å²) in [7, 11) is -3.56. The molecule has 3 heterocycles. The van der Waals surface area contributed by atoms with E-state index in [9.17, 15) is 8.42 Å². The van der Waals surface area contributed by atoms with Crippen LogP contribution < -0.4 is 9.80 Å². The summed E-state index contributed by atoms with van der Waals surface area (Å²) in [6.07, 6.45) is 1.73. The Morgan fingerprint density at radius 2 is 1.72 bits per heavy atom. The Morgan fingerprint density at radius 3 is 2.41 bits per heavy atom. The maximum atomic E-state index is 13.0. The molecule has 156 valence electrons. The normalized spacial score (nSPS) is 18.8. The van der Waals surface area contributed by atoms with Crippen molar-refractivity contribution in [3.05, 3.63) is 41.0 Å². The lowest BCUT2D eigenvalue weighted by Crippen LogP contribution is -2.48. The molecule has 0 radical (unpaired) electrons. The van der Waals surface area contributed by atoms with Crippen LogP contribution in [0.15, 0.2) is 35.4 Å². The highest BCUT2D eigenvalue weighted by atomic mass is 35.5. The summed E-state index contributed by atoms with van der Waals surface area (Å²) >= 11 is 6.13. The van der Waals surface area contributed by atoms with Crippen LogP contribution in [0.1, 0.15) is 5.56 Å². The second-order valence-electron chi connectivity index (χ2n) is 7.17. The van der Waals surface area contributed by atoms with E-state index in [-0.39, 0.29) is 4.90 Å². The highest BCUT2D eigenvalue weighted by molar-refractivity contribution is 7.89. The van der Waals surface area contributed by atoms with Crippen molar-refractivity contribution in [2.24, 2.45) is 0 Å². The molecule has 0 spiro atoms. The smallest absolute Gasteiger partial charge is 0.243 e. The van der Waals surface area contributed by atoms with Crippen molar-refractivity contribution < 1.29 is 13.2 Å². The van der Waals surface area contributed by atoms with Crippen LogP contribution in [0, 0.1) is 6.92 Å². The van der Waals surface area contributed by atoms with E-state index in [1.54, 1.807) is 18.3 Å². The molecule has 1 aromatic carbocycles. The van der Waals surface area contributed by atoms with E-state index in [0.29, 0.717) is 44.4 Å². The minimum absolute atomic E-state index is 0.238. The number of benzene rings is 1. The molecule has 4 rings (SSSR count). The summed E-state index contributed by atoms with van der Waals surface area (Å²) in [5, 5.41) is 8.85. The van der Waals surface area contributed by atoms with E-state index in [4.69, 9.17) is 16.3 Å². The zero-order valence-corrected chi connectivity index (χ0v) is 17.9. The SMILES string of the molecule is Cc1ccc(S(=O)(=O)N2CCN(c3cnnc(N4CCOCC4)c3)CC2)cc1Cl. The van der Waals surface area contributed by atoms with Gasteiger partial charge in [0.25, 0.3) is 0 Å². The Bertz CT molecular complexity index is 974. The van der Waals surface area contributed by atoms with Crippen molar-refractivity contribution in [3.63, 3.8) is 0 Å². The predicted molar refractivity (Wildman–Crippen MR) is 112 cm³/mol. The zero-order chi connectivity index (χ0) is 20.4. The first-order valence-electron chi connectivity index (χ1n) is 9.62. The molecule has 1 aromatic heterocycles. The number of nitrogens with zero attached hydrogens (tertiary/aromatic N) is 5. The molecule has 2 aromatic rings. The number of rotatable bonds is 4. The number of hydrogen-bond donors (Lipinski definition) is 0. The molecule has 0 amide bonds. The number of anilines is 2. The number of morpholine rings is 1. The van der Waals surface area contributed by atoms with Gasteiger partial charge in [0.2, 0.25) is 10.0 Å². The van der Waals surface area contributed by atoms with Gasteiger partial charge >= 0.3 is 0 Å². The summed E-state index contributed by atoms with van der Waals surface area (Å²) < 4.78 is 32.8. The van der Waals surface area contributed by atoms with Crippen LogP contribution in [0.25, 0.3) is 0 Å². The molecule has 2 fully saturated rings. The molecular formula is C19H24ClN5O3S. The molecule has 0 unspecified atom stereocenters. The Hall–Kier alpha value is -1.94. The fraction of sp³-hybridized carbons (Fsp3) is 0.474. The van der Waals surface area contributed by atoms with Crippen molar-refractivity contribution in [2.45, 2.75) is 11.8 Å². The molecule has 2 aliphatic heterocycles. The van der Waals surface area contributed by atoms with Crippen molar-refractivity contribution >= 4 is 33.1 Å². The molecule has 0 aliphatic carbocycles. The third-order valence-electron chi connectivity index (χ3n) is 5.35. The van der Waals surface area contributed by atoms with Gasteiger partial charge in [-0.25, -0.2) is 8.42 Å². The zero-order valence-electron chi connectivity index (χ0n) is 16.3. The Morgan fingerprint density at radius 1 is 1.00 bits per heavy atom. The Balaban J connectivity index is 1.44. The van der Waals surface area contributed by atoms with Crippen molar-refractivity contribution in [1.82, 2.24) is 14.5 Å². The van der Waals surface area contributed by atoms with Gasteiger partial charge in [0.15, 0.2) is 5.82 Å². The van der Waals surface area contributed by atoms with Crippen LogP contribution in [0.4, 0.5) is 11.5 Å². The minimum Gasteiger partial charge on any atom is -0.378 e. The topological polar surface area (TPSA) is 78.9 Å². The minimum atomic E-state index is -3.56. The fourth-order valence-corrected chi connectivity index (χ4v) is 5.23. The molecule has 0 saturated carbocycles. The average molecular weight is 438 g/mol. The lowest BCUT2D eigenvalue weighted by Gasteiger charge is -2.35. The lowest BCUT2D eigenvalue weighted by atomic mass is 10.2. The number of halogens is 1. The molecule has 0 N–H and O–H groups in total. The molecule has 2 aliphatic rings. The second-order valence-corrected chi connectivity index (χ2v) is 9.52. The fourth-order valence-electron chi connectivity index (χ4n) is 3.54. The number of hydrogen-bond acceptors (Lipinski definition) is 7. The number of sulfonamides is 1. The Labute approximate surface area is 176 Å². The van der Waals surface area contributed by atoms with E-state index in [1.165, 1.54) is 10.4 Å². The number of ether oxygens (including phenoxy) is 1. The van der Waals surface area contributed by atoms with Gasteiger partial charge in [0.1, 0.15) is 0 Å². The maximum Gasteiger partial charge on any atom is 0.243 e. The van der Waals surface area contributed by atoms with Gasteiger partial charge in [-0.2, -0.15) is 9.40 Å². The summed E-state index contributed by atoms with van der Waals surface area (Å²) in [5.74, 6) is 0.829. The Kier molecular flexibility index (Phi) is 5.91. The van der Waals surface area contributed by atoms with Crippen LogP contribution in [0.3, 0.4) is 0 Å². The molecular weight excluding hydrogens is 414 g/mol. The maximum absolute atomic E-state index is 13.0. The van der Waals surface area contributed by atoms with Crippen molar-refractivity contribution in [2.75, 3.05) is 62.3 Å². The quantitative estimate of drug-likeness (QED) is 0.721. The van der Waals surface area contributed by atoms with Crippen LogP contribution in [-0.4, -0.2) is 75.4 Å². The van der Waals surface area contributed by atoms with E-state index in [1.807, 2.05) is 13.0 Å². The monoisotopic (exact) mass is 437 g/mol. The largest absolute Gasteiger partial charge is 0.378 e. The average Bonchev–Trinajstić information content (AvgIpc) is 2.76. The summed E-state index contributed by atoms with van der Waals surface area (Å²) in [6.45, 7) is 6.81. The van der Waals surface area contributed by atoms with Crippen LogP contribution in [0.5, 0.6) is 0 Å². The van der Waals surface area contributed by atoms with Gasteiger partial charge in [0.05, 0.1) is 30.0 Å². The first kappa shape index (κ1) is 20.3. The van der Waals surface area contributed by atoms with Gasteiger partial charge < -0.3 is 14.5 Å². The summed E-state index contributed by atoms with van der Waals surface area (Å²) in [5.41, 5.74) is 1.81. The van der Waals surface area contributed by atoms with Gasteiger partial charge in [0, 0.05) is 50.4 Å². The van der Waals surface area contributed by atoms with E-state index in [2.05, 4.69) is 20.0 Å². The van der Waals surface area contributed by atoms with Crippen LogP contribution in [0.2, 0.25) is 5.02 Å². The van der Waals surface area contributed by atoms with Gasteiger partial charge in [-0.1, -0.05) is 17.7 Å². The van der Waals surface area contributed by atoms with E-state index < -0.39 is 10.0 Å². The molecule has 2 saturated heterocycles. The standard InChI is InChI=1S/C19H24ClN5O3S/c1-15-2-3-17(13-18(15)20)29(26,27)25-6-4-23(5-7-25)16-12-19(22-21-14-16)24-8-10-28-11-9-24/h2-3,12-14H,4-11H2,1H3. The van der Waals surface area contributed by atoms with E-state index >= 15 is 0 Å². The highest BCUT2D eigenvalue weighted by Gasteiger charge is 2.29. The molecule has 0 atom stereocenters. The van der Waals surface area contributed by atoms with Gasteiger partial charge in [-0.3, -0.25) is 0 Å². The first-order valence-corrected chi connectivity index (χ1v) is 11.4. The number of aryl methyl sites for hydroxylation is 1. The molecule has 29 heavy (non-hydrogen) atoms. The van der Waals surface area contributed by atoms with Crippen LogP contribution in [-0.2, 0) is 14.8 Å². The van der Waals surface area contributed by atoms with Crippen LogP contribution >= 0.6 is 11.6 Å². The van der Waals surface area contributed by atoms with Crippen molar-refractivity contribution in [3.8, 4) is 0 Å². The number of aromatic nitrogens is 2. The van der Waals surface area contributed by atoms with Crippen molar-refractivity contribution in [1.29, 1.82) is 0 Å². The molecule has 8 nitrogen and oxygen atoms in total. The predicted octanol–water partition coefficient (Wildman–Crippen LogP) is 1.79. The van der Waals surface area contributed by atoms with Gasteiger partial charge in [-0.15, -0.1) is 5.10 Å². The third kappa shape index (κ3) is 4.32. The molecule has 0 bridgehead atoms. The third-order valence-corrected chi connectivity index (χ3v) is 7.65. The summed E-state index contributed by atoms with van der Waals surface area (Å²) in [6, 6.07) is 6.90. The number of piperazine rings is 1. The second kappa shape index (κ2) is 8.43. The summed E-state index contributed by atoms with van der Waals surface area (Å²) in [4.78, 5) is 4.54. The van der Waals surface area contributed by atoms with E-state index in [0.717, 1.165) is 30.2 Å². The highest BCUT2D eigenvalue weighted by Crippen LogP contribution is 2.25. The first-order chi connectivity index (χ1) is 13.9. The molecule has 10 heteroatoms.